The fourth-order valence-electron chi connectivity index (χ4n) is 1.81. The van der Waals surface area contributed by atoms with Crippen molar-refractivity contribution in [1.82, 2.24) is 10.6 Å². The maximum Gasteiger partial charge on any atom is 0.335 e. The molecule has 2 rings (SSSR count). The fraction of sp³-hybridized carbons (Fsp3) is 0.429. The van der Waals surface area contributed by atoms with Crippen molar-refractivity contribution in [3.8, 4) is 0 Å². The van der Waals surface area contributed by atoms with Gasteiger partial charge in [-0.2, -0.15) is 0 Å². The first-order valence-electron chi connectivity index (χ1n) is 6.49. The van der Waals surface area contributed by atoms with Crippen LogP contribution in [0.4, 0.5) is 4.79 Å². The van der Waals surface area contributed by atoms with Gasteiger partial charge in [-0.1, -0.05) is 25.0 Å². The van der Waals surface area contributed by atoms with Crippen LogP contribution in [0.5, 0.6) is 0 Å². The number of carbonyl (C=O) groups is 2. The molecule has 0 radical (unpaired) electrons. The van der Waals surface area contributed by atoms with Crippen molar-refractivity contribution in [2.75, 3.05) is 6.54 Å². The highest BCUT2D eigenvalue weighted by atomic mass is 16.4. The maximum absolute atomic E-state index is 11.5. The molecule has 1 saturated carbocycles. The van der Waals surface area contributed by atoms with Crippen LogP contribution in [0.3, 0.4) is 0 Å². The molecule has 5 heteroatoms. The summed E-state index contributed by atoms with van der Waals surface area (Å²) in [5.74, 6) is -0.138. The molecule has 0 unspecified atom stereocenters. The second-order valence-corrected chi connectivity index (χ2v) is 4.84. The van der Waals surface area contributed by atoms with E-state index in [0.717, 1.165) is 17.9 Å². The van der Waals surface area contributed by atoms with Gasteiger partial charge in [0.15, 0.2) is 0 Å². The molecule has 0 atom stereocenters. The number of urea groups is 1. The van der Waals surface area contributed by atoms with E-state index in [0.29, 0.717) is 13.1 Å². The molecule has 0 aromatic heterocycles. The zero-order valence-electron chi connectivity index (χ0n) is 10.7. The van der Waals surface area contributed by atoms with E-state index < -0.39 is 5.97 Å². The quantitative estimate of drug-likeness (QED) is 0.733. The summed E-state index contributed by atoms with van der Waals surface area (Å²) in [6.45, 7) is 1.11. The molecule has 0 heterocycles. The smallest absolute Gasteiger partial charge is 0.335 e. The van der Waals surface area contributed by atoms with Crippen LogP contribution in [0.1, 0.15) is 35.2 Å². The lowest BCUT2D eigenvalue weighted by atomic mass is 10.1. The van der Waals surface area contributed by atoms with E-state index in [4.69, 9.17) is 5.11 Å². The first-order chi connectivity index (χ1) is 9.15. The van der Waals surface area contributed by atoms with E-state index in [1.165, 1.54) is 25.0 Å². The highest BCUT2D eigenvalue weighted by molar-refractivity contribution is 5.87. The Hall–Kier alpha value is -2.04. The minimum atomic E-state index is -0.947. The predicted molar refractivity (Wildman–Crippen MR) is 71.0 cm³/mol. The minimum absolute atomic E-state index is 0.178. The first kappa shape index (κ1) is 13.4. The Balaban J connectivity index is 1.68. The Morgan fingerprint density at radius 3 is 2.42 bits per heavy atom. The van der Waals surface area contributed by atoms with Gasteiger partial charge in [-0.15, -0.1) is 0 Å². The lowest BCUT2D eigenvalue weighted by Gasteiger charge is -2.07. The van der Waals surface area contributed by atoms with Gasteiger partial charge in [-0.3, -0.25) is 0 Å². The molecule has 0 aliphatic heterocycles. The molecule has 3 N–H and O–H groups in total. The van der Waals surface area contributed by atoms with E-state index in [2.05, 4.69) is 10.6 Å². The number of carbonyl (C=O) groups excluding carboxylic acids is 1. The Morgan fingerprint density at radius 2 is 1.84 bits per heavy atom. The second kappa shape index (κ2) is 6.22. The molecule has 2 amide bonds. The summed E-state index contributed by atoms with van der Waals surface area (Å²) in [5, 5.41) is 14.3. The zero-order valence-corrected chi connectivity index (χ0v) is 10.7. The van der Waals surface area contributed by atoms with Gasteiger partial charge in [0.2, 0.25) is 0 Å². The summed E-state index contributed by atoms with van der Waals surface area (Å²) in [5.41, 5.74) is 1.12. The molecule has 0 bridgehead atoms. The lowest BCUT2D eigenvalue weighted by Crippen LogP contribution is -2.35. The third-order valence-electron chi connectivity index (χ3n) is 3.19. The van der Waals surface area contributed by atoms with Gasteiger partial charge < -0.3 is 15.7 Å². The number of nitrogens with one attached hydrogen (secondary N) is 2. The molecule has 0 spiro atoms. The second-order valence-electron chi connectivity index (χ2n) is 4.84. The van der Waals surface area contributed by atoms with Crippen LogP contribution in [0, 0.1) is 5.92 Å². The average Bonchev–Trinajstić information content (AvgIpc) is 3.21. The number of rotatable bonds is 6. The lowest BCUT2D eigenvalue weighted by molar-refractivity contribution is 0.0697. The number of carboxylic acid groups (broad SMARTS) is 1. The van der Waals surface area contributed by atoms with Gasteiger partial charge in [0.05, 0.1) is 5.56 Å². The Bertz CT molecular complexity index is 452. The Morgan fingerprint density at radius 1 is 1.16 bits per heavy atom. The summed E-state index contributed by atoms with van der Waals surface area (Å²) in [6.07, 6.45) is 3.64. The molecule has 1 aliphatic rings. The number of hydrogen-bond donors (Lipinski definition) is 3. The Labute approximate surface area is 112 Å². The monoisotopic (exact) mass is 262 g/mol. The standard InChI is InChI=1S/C14H18N2O3/c17-13(18)12-5-3-11(4-6-12)9-16-14(19)15-8-7-10-1-2-10/h3-6,10H,1-2,7-9H2,(H,17,18)(H2,15,16,19). The Kier molecular flexibility index (Phi) is 4.39. The number of hydrogen-bond acceptors (Lipinski definition) is 2. The van der Waals surface area contributed by atoms with Crippen LogP contribution in [-0.4, -0.2) is 23.7 Å². The summed E-state index contributed by atoms with van der Waals surface area (Å²) in [7, 11) is 0. The van der Waals surface area contributed by atoms with E-state index in [1.54, 1.807) is 12.1 Å². The molecule has 0 saturated heterocycles. The van der Waals surface area contributed by atoms with Crippen LogP contribution in [-0.2, 0) is 6.54 Å². The van der Waals surface area contributed by atoms with E-state index in [9.17, 15) is 9.59 Å². The van der Waals surface area contributed by atoms with Crippen molar-refractivity contribution in [3.05, 3.63) is 35.4 Å². The molecule has 102 valence electrons. The SMILES string of the molecule is O=C(NCCC1CC1)NCc1ccc(C(=O)O)cc1. The topological polar surface area (TPSA) is 78.4 Å². The van der Waals surface area contributed by atoms with E-state index in [1.807, 2.05) is 0 Å². The van der Waals surface area contributed by atoms with Crippen LogP contribution in [0.2, 0.25) is 0 Å². The molecule has 5 nitrogen and oxygen atoms in total. The van der Waals surface area contributed by atoms with Gasteiger partial charge in [0, 0.05) is 13.1 Å². The van der Waals surface area contributed by atoms with Crippen LogP contribution in [0.15, 0.2) is 24.3 Å². The van der Waals surface area contributed by atoms with Crippen molar-refractivity contribution < 1.29 is 14.7 Å². The summed E-state index contributed by atoms with van der Waals surface area (Å²) in [6, 6.07) is 6.29. The highest BCUT2D eigenvalue weighted by Gasteiger charge is 2.20. The third-order valence-corrected chi connectivity index (χ3v) is 3.19. The van der Waals surface area contributed by atoms with Gasteiger partial charge in [-0.05, 0) is 30.0 Å². The third kappa shape index (κ3) is 4.62. The van der Waals surface area contributed by atoms with Crippen LogP contribution < -0.4 is 10.6 Å². The molecule has 1 aromatic carbocycles. The largest absolute Gasteiger partial charge is 0.478 e. The van der Waals surface area contributed by atoms with Crippen molar-refractivity contribution in [3.63, 3.8) is 0 Å². The number of carboxylic acids is 1. The van der Waals surface area contributed by atoms with Gasteiger partial charge in [0.25, 0.3) is 0 Å². The minimum Gasteiger partial charge on any atom is -0.478 e. The van der Waals surface area contributed by atoms with Crippen LogP contribution >= 0.6 is 0 Å². The molecule has 19 heavy (non-hydrogen) atoms. The predicted octanol–water partition coefficient (Wildman–Crippen LogP) is 1.98. The summed E-state index contributed by atoms with van der Waals surface area (Å²) < 4.78 is 0. The fourth-order valence-corrected chi connectivity index (χ4v) is 1.81. The van der Waals surface area contributed by atoms with Crippen LogP contribution in [0.25, 0.3) is 0 Å². The van der Waals surface area contributed by atoms with Crippen molar-refractivity contribution in [2.45, 2.75) is 25.8 Å². The van der Waals surface area contributed by atoms with Gasteiger partial charge in [-0.25, -0.2) is 9.59 Å². The van der Waals surface area contributed by atoms with Crippen molar-refractivity contribution >= 4 is 12.0 Å². The molecular formula is C14H18N2O3. The van der Waals surface area contributed by atoms with Gasteiger partial charge in [0.1, 0.15) is 0 Å². The zero-order chi connectivity index (χ0) is 13.7. The number of amides is 2. The van der Waals surface area contributed by atoms with E-state index >= 15 is 0 Å². The highest BCUT2D eigenvalue weighted by Crippen LogP contribution is 2.31. The van der Waals surface area contributed by atoms with E-state index in [-0.39, 0.29) is 11.6 Å². The summed E-state index contributed by atoms with van der Waals surface area (Å²) >= 11 is 0. The average molecular weight is 262 g/mol. The van der Waals surface area contributed by atoms with Crippen molar-refractivity contribution in [1.29, 1.82) is 0 Å². The normalized spacial score (nSPS) is 13.9. The molecule has 1 aliphatic carbocycles. The summed E-state index contributed by atoms with van der Waals surface area (Å²) in [4.78, 5) is 22.2. The maximum atomic E-state index is 11.5. The first-order valence-corrected chi connectivity index (χ1v) is 6.49. The molecule has 1 fully saturated rings. The van der Waals surface area contributed by atoms with Crippen molar-refractivity contribution in [2.24, 2.45) is 5.92 Å². The molecule has 1 aromatic rings. The van der Waals surface area contributed by atoms with Gasteiger partial charge >= 0.3 is 12.0 Å². The number of benzene rings is 1. The number of aromatic carboxylic acids is 1. The molecular weight excluding hydrogens is 244 g/mol.